The molecule has 0 spiro atoms. The van der Waals surface area contributed by atoms with Crippen molar-refractivity contribution < 1.29 is 0 Å². The second kappa shape index (κ2) is 4.38. The van der Waals surface area contributed by atoms with Gasteiger partial charge in [0.1, 0.15) is 0 Å². The summed E-state index contributed by atoms with van der Waals surface area (Å²) in [7, 11) is 0. The highest BCUT2D eigenvalue weighted by molar-refractivity contribution is 6.31. The Balaban J connectivity index is 2.65. The van der Waals surface area contributed by atoms with Crippen LogP contribution in [-0.4, -0.2) is 4.57 Å². The lowest BCUT2D eigenvalue weighted by atomic mass is 10.2. The normalized spacial score (nSPS) is 10.2. The minimum Gasteiger partial charge on any atom is -0.346 e. The van der Waals surface area contributed by atoms with Crippen LogP contribution >= 0.6 is 11.6 Å². The number of hydrogen-bond donors (Lipinski definition) is 0. The largest absolute Gasteiger partial charge is 0.346 e. The van der Waals surface area contributed by atoms with Gasteiger partial charge in [0.05, 0.1) is 18.0 Å². The molecule has 2 rings (SSSR count). The molecule has 0 radical (unpaired) electrons. The lowest BCUT2D eigenvalue weighted by Crippen LogP contribution is -2.07. The third kappa shape index (κ3) is 1.93. The fraction of sp³-hybridized carbons (Fsp3) is 0.167. The maximum absolute atomic E-state index is 11.6. The van der Waals surface area contributed by atoms with Crippen molar-refractivity contribution >= 4 is 22.5 Å². The molecule has 4 heteroatoms. The first-order valence-corrected chi connectivity index (χ1v) is 5.26. The van der Waals surface area contributed by atoms with Crippen LogP contribution in [0.1, 0.15) is 6.42 Å². The van der Waals surface area contributed by atoms with Crippen molar-refractivity contribution in [1.82, 2.24) is 4.57 Å². The number of benzene rings is 1. The van der Waals surface area contributed by atoms with E-state index in [4.69, 9.17) is 16.9 Å². The molecule has 16 heavy (non-hydrogen) atoms. The average molecular weight is 233 g/mol. The molecular formula is C12H9ClN2O. The molecule has 0 unspecified atom stereocenters. The molecule has 0 atom stereocenters. The Bertz CT molecular complexity index is 625. The van der Waals surface area contributed by atoms with Crippen LogP contribution in [0.15, 0.2) is 35.3 Å². The Morgan fingerprint density at radius 1 is 1.38 bits per heavy atom. The fourth-order valence-electron chi connectivity index (χ4n) is 1.65. The lowest BCUT2D eigenvalue weighted by molar-refractivity contribution is 0.737. The Morgan fingerprint density at radius 3 is 2.94 bits per heavy atom. The van der Waals surface area contributed by atoms with Crippen molar-refractivity contribution in [3.8, 4) is 6.07 Å². The maximum Gasteiger partial charge on any atom is 0.189 e. The molecule has 80 valence electrons. The minimum absolute atomic E-state index is 0.0503. The molecule has 1 aromatic heterocycles. The number of halogens is 1. The summed E-state index contributed by atoms with van der Waals surface area (Å²) in [4.78, 5) is 11.6. The summed E-state index contributed by atoms with van der Waals surface area (Å²) in [6.45, 7) is 0.578. The molecule has 0 N–H and O–H groups in total. The second-order valence-corrected chi connectivity index (χ2v) is 3.88. The van der Waals surface area contributed by atoms with Gasteiger partial charge in [-0.2, -0.15) is 5.26 Å². The van der Waals surface area contributed by atoms with Gasteiger partial charge in [-0.15, -0.1) is 0 Å². The van der Waals surface area contributed by atoms with Crippen LogP contribution in [0.3, 0.4) is 0 Å². The molecule has 0 fully saturated rings. The van der Waals surface area contributed by atoms with Gasteiger partial charge in [0.15, 0.2) is 5.43 Å². The van der Waals surface area contributed by atoms with E-state index in [0.717, 1.165) is 5.52 Å². The van der Waals surface area contributed by atoms with Gasteiger partial charge in [0, 0.05) is 29.2 Å². The van der Waals surface area contributed by atoms with E-state index in [1.165, 1.54) is 6.07 Å². The SMILES string of the molecule is N#CCCn1ccc(=O)c2cc(Cl)ccc21. The van der Waals surface area contributed by atoms with E-state index >= 15 is 0 Å². The van der Waals surface area contributed by atoms with Crippen LogP contribution in [-0.2, 0) is 6.54 Å². The number of pyridine rings is 1. The smallest absolute Gasteiger partial charge is 0.189 e. The Morgan fingerprint density at radius 2 is 2.19 bits per heavy atom. The van der Waals surface area contributed by atoms with Gasteiger partial charge < -0.3 is 4.57 Å². The first kappa shape index (κ1) is 10.7. The van der Waals surface area contributed by atoms with E-state index in [1.807, 2.05) is 4.57 Å². The van der Waals surface area contributed by atoms with E-state index in [-0.39, 0.29) is 5.43 Å². The summed E-state index contributed by atoms with van der Waals surface area (Å²) in [6, 6.07) is 8.78. The first-order chi connectivity index (χ1) is 7.72. The Hall–Kier alpha value is -1.79. The molecule has 0 aliphatic carbocycles. The summed E-state index contributed by atoms with van der Waals surface area (Å²) in [5.74, 6) is 0. The van der Waals surface area contributed by atoms with Crippen LogP contribution in [0.2, 0.25) is 5.02 Å². The van der Waals surface area contributed by atoms with Crippen LogP contribution < -0.4 is 5.43 Å². The Kier molecular flexibility index (Phi) is 2.93. The number of nitrogens with zero attached hydrogens (tertiary/aromatic N) is 2. The molecule has 0 bridgehead atoms. The number of fused-ring (bicyclic) bond motifs is 1. The van der Waals surface area contributed by atoms with Crippen LogP contribution in [0, 0.1) is 11.3 Å². The number of aryl methyl sites for hydroxylation is 1. The molecule has 3 nitrogen and oxygen atoms in total. The second-order valence-electron chi connectivity index (χ2n) is 3.44. The van der Waals surface area contributed by atoms with E-state index in [9.17, 15) is 4.79 Å². The van der Waals surface area contributed by atoms with Gasteiger partial charge in [0.2, 0.25) is 0 Å². The summed E-state index contributed by atoms with van der Waals surface area (Å²) >= 11 is 5.85. The van der Waals surface area contributed by atoms with Gasteiger partial charge in [0.25, 0.3) is 0 Å². The highest BCUT2D eigenvalue weighted by Gasteiger charge is 2.02. The summed E-state index contributed by atoms with van der Waals surface area (Å²) in [6.07, 6.45) is 2.12. The number of rotatable bonds is 2. The highest BCUT2D eigenvalue weighted by atomic mass is 35.5. The molecule has 0 aliphatic rings. The topological polar surface area (TPSA) is 45.8 Å². The number of aromatic nitrogens is 1. The van der Waals surface area contributed by atoms with Crippen molar-refractivity contribution in [3.05, 3.63) is 45.7 Å². The van der Waals surface area contributed by atoms with E-state index in [2.05, 4.69) is 6.07 Å². The van der Waals surface area contributed by atoms with Crippen molar-refractivity contribution in [3.63, 3.8) is 0 Å². The zero-order chi connectivity index (χ0) is 11.5. The molecule has 1 heterocycles. The average Bonchev–Trinajstić information content (AvgIpc) is 2.29. The predicted octanol–water partition coefficient (Wildman–Crippen LogP) is 2.57. The van der Waals surface area contributed by atoms with Gasteiger partial charge in [-0.3, -0.25) is 4.79 Å². The standard InChI is InChI=1S/C12H9ClN2O/c13-9-2-3-11-10(8-9)12(16)4-7-15(11)6-1-5-14/h2-4,7-8H,1,6H2. The highest BCUT2D eigenvalue weighted by Crippen LogP contribution is 2.16. The molecule has 0 saturated carbocycles. The fourth-order valence-corrected chi connectivity index (χ4v) is 1.82. The Labute approximate surface area is 97.5 Å². The number of hydrogen-bond acceptors (Lipinski definition) is 2. The molecule has 0 amide bonds. The van der Waals surface area contributed by atoms with E-state index in [1.54, 1.807) is 24.4 Å². The van der Waals surface area contributed by atoms with E-state index in [0.29, 0.717) is 23.4 Å². The lowest BCUT2D eigenvalue weighted by Gasteiger charge is -2.08. The molecule has 2 aromatic rings. The van der Waals surface area contributed by atoms with Crippen LogP contribution in [0.4, 0.5) is 0 Å². The monoisotopic (exact) mass is 232 g/mol. The zero-order valence-electron chi connectivity index (χ0n) is 8.48. The van der Waals surface area contributed by atoms with Crippen LogP contribution in [0.25, 0.3) is 10.9 Å². The first-order valence-electron chi connectivity index (χ1n) is 4.88. The molecule has 1 aromatic carbocycles. The van der Waals surface area contributed by atoms with E-state index < -0.39 is 0 Å². The summed E-state index contributed by atoms with van der Waals surface area (Å²) in [5.41, 5.74) is 0.762. The van der Waals surface area contributed by atoms with Crippen molar-refractivity contribution in [2.45, 2.75) is 13.0 Å². The maximum atomic E-state index is 11.6. The van der Waals surface area contributed by atoms with Gasteiger partial charge in [-0.25, -0.2) is 0 Å². The van der Waals surface area contributed by atoms with Gasteiger partial charge in [-0.05, 0) is 18.2 Å². The van der Waals surface area contributed by atoms with Gasteiger partial charge >= 0.3 is 0 Å². The van der Waals surface area contributed by atoms with Crippen molar-refractivity contribution in [1.29, 1.82) is 5.26 Å². The predicted molar refractivity (Wildman–Crippen MR) is 63.4 cm³/mol. The van der Waals surface area contributed by atoms with Crippen LogP contribution in [0.5, 0.6) is 0 Å². The van der Waals surface area contributed by atoms with Crippen molar-refractivity contribution in [2.24, 2.45) is 0 Å². The summed E-state index contributed by atoms with van der Waals surface area (Å²) in [5, 5.41) is 9.69. The minimum atomic E-state index is -0.0503. The molecule has 0 aliphatic heterocycles. The zero-order valence-corrected chi connectivity index (χ0v) is 9.24. The third-order valence-electron chi connectivity index (χ3n) is 2.40. The molecular weight excluding hydrogens is 224 g/mol. The quantitative estimate of drug-likeness (QED) is 0.799. The third-order valence-corrected chi connectivity index (χ3v) is 2.64. The number of nitriles is 1. The van der Waals surface area contributed by atoms with Gasteiger partial charge in [-0.1, -0.05) is 11.6 Å². The molecule has 0 saturated heterocycles. The van der Waals surface area contributed by atoms with Crippen molar-refractivity contribution in [2.75, 3.05) is 0 Å². The summed E-state index contributed by atoms with van der Waals surface area (Å²) < 4.78 is 1.89.